The molecule has 1 aromatic carbocycles. The van der Waals surface area contributed by atoms with Crippen LogP contribution in [0.15, 0.2) is 47.8 Å². The fourth-order valence-electron chi connectivity index (χ4n) is 2.00. The van der Waals surface area contributed by atoms with Crippen LogP contribution in [-0.4, -0.2) is 24.7 Å². The highest BCUT2D eigenvalue weighted by Gasteiger charge is 2.30. The first-order valence-electron chi connectivity index (χ1n) is 6.31. The summed E-state index contributed by atoms with van der Waals surface area (Å²) in [6.07, 6.45) is 2.91. The average Bonchev–Trinajstić information content (AvgIpc) is 2.48. The van der Waals surface area contributed by atoms with Crippen molar-refractivity contribution >= 4 is 5.97 Å². The molecule has 104 valence electrons. The van der Waals surface area contributed by atoms with E-state index in [9.17, 15) is 4.79 Å². The van der Waals surface area contributed by atoms with E-state index >= 15 is 0 Å². The van der Waals surface area contributed by atoms with Crippen molar-refractivity contribution < 1.29 is 14.3 Å². The predicted molar refractivity (Wildman–Crippen MR) is 72.8 cm³/mol. The summed E-state index contributed by atoms with van der Waals surface area (Å²) in [5.41, 5.74) is 9.06. The van der Waals surface area contributed by atoms with E-state index in [-0.39, 0.29) is 18.6 Å². The monoisotopic (exact) mass is 273 g/mol. The molecule has 1 heterocycles. The van der Waals surface area contributed by atoms with Gasteiger partial charge in [0.1, 0.15) is 12.7 Å². The third-order valence-electron chi connectivity index (χ3n) is 3.13. The molecule has 0 amide bonds. The Bertz CT molecular complexity index is 538. The zero-order valence-electron chi connectivity index (χ0n) is 11.0. The Morgan fingerprint density at radius 3 is 2.90 bits per heavy atom. The summed E-state index contributed by atoms with van der Waals surface area (Å²) in [6, 6.07) is 8.33. The molecule has 1 aliphatic rings. The highest BCUT2D eigenvalue weighted by molar-refractivity contribution is 5.89. The van der Waals surface area contributed by atoms with Crippen molar-refractivity contribution in [2.24, 2.45) is 11.0 Å². The Morgan fingerprint density at radius 1 is 1.45 bits per heavy atom. The minimum Gasteiger partial charge on any atom is -0.494 e. The molecule has 6 nitrogen and oxygen atoms in total. The van der Waals surface area contributed by atoms with E-state index in [1.807, 2.05) is 19.1 Å². The minimum atomic E-state index is -0.460. The molecule has 0 saturated carbocycles. The average molecular weight is 273 g/mol. The van der Waals surface area contributed by atoms with Crippen molar-refractivity contribution in [1.82, 2.24) is 0 Å². The van der Waals surface area contributed by atoms with Gasteiger partial charge in [-0.15, -0.1) is 0 Å². The van der Waals surface area contributed by atoms with Crippen LogP contribution in [0.3, 0.4) is 0 Å². The maximum Gasteiger partial charge on any atom is 0.338 e. The minimum absolute atomic E-state index is 0.0417. The highest BCUT2D eigenvalue weighted by Crippen LogP contribution is 2.22. The molecule has 0 spiro atoms. The third kappa shape index (κ3) is 3.30. The largest absolute Gasteiger partial charge is 0.494 e. The lowest BCUT2D eigenvalue weighted by Crippen LogP contribution is -2.37. The van der Waals surface area contributed by atoms with Gasteiger partial charge in [-0.3, -0.25) is 0 Å². The van der Waals surface area contributed by atoms with Gasteiger partial charge in [0.2, 0.25) is 0 Å². The number of carbonyl (C=O) groups is 1. The van der Waals surface area contributed by atoms with Gasteiger partial charge in [-0.25, -0.2) is 4.79 Å². The lowest BCUT2D eigenvalue weighted by atomic mass is 9.96. The quantitative estimate of drug-likeness (QED) is 0.365. The van der Waals surface area contributed by atoms with Gasteiger partial charge in [-0.1, -0.05) is 30.2 Å². The summed E-state index contributed by atoms with van der Waals surface area (Å²) in [4.78, 5) is 14.7. The van der Waals surface area contributed by atoms with Crippen LogP contribution in [0.2, 0.25) is 0 Å². The molecular formula is C14H15N3O3. The van der Waals surface area contributed by atoms with Crippen LogP contribution >= 0.6 is 0 Å². The molecular weight excluding hydrogens is 258 g/mol. The first-order chi connectivity index (χ1) is 9.72. The van der Waals surface area contributed by atoms with E-state index < -0.39 is 12.1 Å². The van der Waals surface area contributed by atoms with Crippen molar-refractivity contribution in [2.45, 2.75) is 19.1 Å². The number of rotatable bonds is 4. The maximum absolute atomic E-state index is 11.8. The van der Waals surface area contributed by atoms with Gasteiger partial charge >= 0.3 is 5.97 Å². The van der Waals surface area contributed by atoms with Gasteiger partial charge in [-0.05, 0) is 29.7 Å². The van der Waals surface area contributed by atoms with Gasteiger partial charge in [0, 0.05) is 4.91 Å². The summed E-state index contributed by atoms with van der Waals surface area (Å²) in [5.74, 6) is -0.379. The highest BCUT2D eigenvalue weighted by atomic mass is 16.6. The molecule has 1 aromatic rings. The summed E-state index contributed by atoms with van der Waals surface area (Å²) in [6.45, 7) is 1.97. The van der Waals surface area contributed by atoms with Gasteiger partial charge in [0.25, 0.3) is 0 Å². The second-order valence-electron chi connectivity index (χ2n) is 4.52. The maximum atomic E-state index is 11.8. The smallest absolute Gasteiger partial charge is 0.338 e. The number of benzene rings is 1. The molecule has 2 unspecified atom stereocenters. The van der Waals surface area contributed by atoms with Crippen LogP contribution in [0.25, 0.3) is 10.4 Å². The number of hydrogen-bond donors (Lipinski definition) is 0. The van der Waals surface area contributed by atoms with E-state index in [0.717, 1.165) is 0 Å². The normalized spacial score (nSPS) is 24.4. The van der Waals surface area contributed by atoms with E-state index in [2.05, 4.69) is 10.0 Å². The zero-order valence-corrected chi connectivity index (χ0v) is 11.0. The standard InChI is InChI=1S/C14H15N3O3/c1-10-7-8-19-12(13(10)16-17-15)9-20-14(18)11-5-3-2-4-6-11/h2-8,10,12-13H,9H2,1H3/t10?,12?,13-/m1/s1. The van der Waals surface area contributed by atoms with Gasteiger partial charge in [0.15, 0.2) is 0 Å². The van der Waals surface area contributed by atoms with Crippen LogP contribution in [0.4, 0.5) is 0 Å². The van der Waals surface area contributed by atoms with Crippen LogP contribution in [0, 0.1) is 5.92 Å². The number of esters is 1. The molecule has 0 aromatic heterocycles. The molecule has 0 saturated heterocycles. The summed E-state index contributed by atoms with van der Waals surface area (Å²) < 4.78 is 10.6. The van der Waals surface area contributed by atoms with Crippen LogP contribution in [-0.2, 0) is 9.47 Å². The fraction of sp³-hybridized carbons (Fsp3) is 0.357. The molecule has 0 fully saturated rings. The van der Waals surface area contributed by atoms with Crippen molar-refractivity contribution in [1.29, 1.82) is 0 Å². The van der Waals surface area contributed by atoms with E-state index in [4.69, 9.17) is 15.0 Å². The SMILES string of the molecule is CC1C=COC(COC(=O)c2ccccc2)[C@@H]1N=[N+]=[N-]. The van der Waals surface area contributed by atoms with E-state index in [0.29, 0.717) is 5.56 Å². The third-order valence-corrected chi connectivity index (χ3v) is 3.13. The molecule has 3 atom stereocenters. The lowest BCUT2D eigenvalue weighted by Gasteiger charge is -2.29. The first-order valence-corrected chi connectivity index (χ1v) is 6.31. The second kappa shape index (κ2) is 6.63. The van der Waals surface area contributed by atoms with Crippen LogP contribution in [0.1, 0.15) is 17.3 Å². The van der Waals surface area contributed by atoms with Gasteiger partial charge in [-0.2, -0.15) is 0 Å². The molecule has 0 bridgehead atoms. The van der Waals surface area contributed by atoms with Gasteiger partial charge in [0.05, 0.1) is 17.9 Å². The fourth-order valence-corrected chi connectivity index (χ4v) is 2.00. The molecule has 1 aliphatic heterocycles. The first kappa shape index (κ1) is 14.0. The number of azide groups is 1. The zero-order chi connectivity index (χ0) is 14.4. The van der Waals surface area contributed by atoms with Crippen LogP contribution in [0.5, 0.6) is 0 Å². The number of hydrogen-bond acceptors (Lipinski definition) is 4. The van der Waals surface area contributed by atoms with Gasteiger partial charge < -0.3 is 9.47 Å². The summed E-state index contributed by atoms with van der Waals surface area (Å²) >= 11 is 0. The number of ether oxygens (including phenoxy) is 2. The number of nitrogens with zero attached hydrogens (tertiary/aromatic N) is 3. The Labute approximate surface area is 116 Å². The molecule has 6 heteroatoms. The van der Waals surface area contributed by atoms with Crippen LogP contribution < -0.4 is 0 Å². The molecule has 2 rings (SSSR count). The Kier molecular flexibility index (Phi) is 4.63. The van der Waals surface area contributed by atoms with Crippen molar-refractivity contribution in [3.8, 4) is 0 Å². The summed E-state index contributed by atoms with van der Waals surface area (Å²) in [5, 5.41) is 3.71. The summed E-state index contributed by atoms with van der Waals surface area (Å²) in [7, 11) is 0. The topological polar surface area (TPSA) is 84.3 Å². The van der Waals surface area contributed by atoms with Crippen molar-refractivity contribution in [3.05, 3.63) is 58.7 Å². The van der Waals surface area contributed by atoms with E-state index in [1.54, 1.807) is 30.5 Å². The van der Waals surface area contributed by atoms with E-state index in [1.165, 1.54) is 0 Å². The Balaban J connectivity index is 1.97. The number of carbonyl (C=O) groups excluding carboxylic acids is 1. The molecule has 20 heavy (non-hydrogen) atoms. The molecule has 0 radical (unpaired) electrons. The van der Waals surface area contributed by atoms with Crippen molar-refractivity contribution in [2.75, 3.05) is 6.61 Å². The molecule has 0 aliphatic carbocycles. The molecule has 0 N–H and O–H groups in total. The second-order valence-corrected chi connectivity index (χ2v) is 4.52. The van der Waals surface area contributed by atoms with Crippen molar-refractivity contribution in [3.63, 3.8) is 0 Å². The Morgan fingerprint density at radius 2 is 2.20 bits per heavy atom. The lowest BCUT2D eigenvalue weighted by molar-refractivity contribution is 0.00470. The Hall–Kier alpha value is -2.46. The predicted octanol–water partition coefficient (Wildman–Crippen LogP) is 3.07.